The highest BCUT2D eigenvalue weighted by atomic mass is 32.2. The molecule has 8 nitrogen and oxygen atoms in total. The van der Waals surface area contributed by atoms with E-state index in [0.29, 0.717) is 22.7 Å². The third-order valence-corrected chi connectivity index (χ3v) is 5.46. The minimum Gasteiger partial charge on any atom is -0.457 e. The van der Waals surface area contributed by atoms with Crippen molar-refractivity contribution in [1.82, 2.24) is 4.72 Å². The lowest BCUT2D eigenvalue weighted by atomic mass is 10.2. The number of anilines is 1. The van der Waals surface area contributed by atoms with Crippen molar-refractivity contribution in [3.8, 4) is 11.5 Å². The van der Waals surface area contributed by atoms with Gasteiger partial charge in [0.2, 0.25) is 10.0 Å². The molecule has 0 saturated carbocycles. The highest BCUT2D eigenvalue weighted by molar-refractivity contribution is 7.92. The number of sulfonamides is 1. The Bertz CT molecular complexity index is 1240. The van der Waals surface area contributed by atoms with Gasteiger partial charge in [-0.1, -0.05) is 48.0 Å². The molecular formula is C25H24N2O6S. The van der Waals surface area contributed by atoms with E-state index in [0.717, 1.165) is 11.0 Å². The summed E-state index contributed by atoms with van der Waals surface area (Å²) in [7, 11) is -3.84. The van der Waals surface area contributed by atoms with Crippen molar-refractivity contribution in [2.75, 3.05) is 18.5 Å². The van der Waals surface area contributed by atoms with Crippen LogP contribution in [0.4, 0.5) is 5.69 Å². The van der Waals surface area contributed by atoms with Gasteiger partial charge in [0.15, 0.2) is 6.61 Å². The van der Waals surface area contributed by atoms with Gasteiger partial charge in [0, 0.05) is 11.1 Å². The number of hydrogen-bond donors (Lipinski definition) is 2. The first-order chi connectivity index (χ1) is 16.3. The molecule has 0 heterocycles. The van der Waals surface area contributed by atoms with Crippen molar-refractivity contribution in [2.24, 2.45) is 0 Å². The number of aryl methyl sites for hydroxylation is 1. The summed E-state index contributed by atoms with van der Waals surface area (Å²) in [5.41, 5.74) is 2.25. The molecule has 0 aliphatic rings. The van der Waals surface area contributed by atoms with Gasteiger partial charge >= 0.3 is 5.97 Å². The second-order valence-corrected chi connectivity index (χ2v) is 8.88. The molecule has 9 heteroatoms. The van der Waals surface area contributed by atoms with Crippen molar-refractivity contribution in [1.29, 1.82) is 0 Å². The van der Waals surface area contributed by atoms with Gasteiger partial charge in [-0.25, -0.2) is 13.1 Å². The first kappa shape index (κ1) is 24.7. The van der Waals surface area contributed by atoms with E-state index in [-0.39, 0.29) is 0 Å². The average Bonchev–Trinajstić information content (AvgIpc) is 2.83. The lowest BCUT2D eigenvalue weighted by molar-refractivity contribution is -0.146. The van der Waals surface area contributed by atoms with Crippen molar-refractivity contribution < 1.29 is 27.5 Å². The third kappa shape index (κ3) is 8.53. The standard InChI is InChI=1S/C25H24N2O6S/c1-19-7-9-20(10-8-19)15-16-34(30,31)26-17-25(29)32-18-24(28)27-21-11-13-23(14-12-21)33-22-5-3-2-4-6-22/h2-16,26H,17-18H2,1H3,(H,27,28). The Morgan fingerprint density at radius 1 is 0.882 bits per heavy atom. The fraction of sp³-hybridized carbons (Fsp3) is 0.120. The Hall–Kier alpha value is -3.95. The number of carbonyl (C=O) groups excluding carboxylic acids is 2. The van der Waals surface area contributed by atoms with Crippen molar-refractivity contribution in [3.05, 3.63) is 95.4 Å². The number of ether oxygens (including phenoxy) is 2. The predicted octanol–water partition coefficient (Wildman–Crippen LogP) is 3.86. The maximum absolute atomic E-state index is 12.0. The van der Waals surface area contributed by atoms with Crippen molar-refractivity contribution >= 4 is 33.7 Å². The van der Waals surface area contributed by atoms with Crippen LogP contribution < -0.4 is 14.8 Å². The molecule has 3 rings (SSSR count). The molecule has 0 aliphatic heterocycles. The fourth-order valence-electron chi connectivity index (χ4n) is 2.68. The van der Waals surface area contributed by atoms with Gasteiger partial charge in [-0.2, -0.15) is 0 Å². The van der Waals surface area contributed by atoms with Crippen LogP contribution in [0.25, 0.3) is 6.08 Å². The number of rotatable bonds is 10. The van der Waals surface area contributed by atoms with E-state index in [9.17, 15) is 18.0 Å². The molecular weight excluding hydrogens is 456 g/mol. The van der Waals surface area contributed by atoms with Crippen LogP contribution >= 0.6 is 0 Å². The van der Waals surface area contributed by atoms with Gasteiger partial charge in [0.25, 0.3) is 5.91 Å². The zero-order valence-corrected chi connectivity index (χ0v) is 19.2. The van der Waals surface area contributed by atoms with Crippen LogP contribution in [0.1, 0.15) is 11.1 Å². The topological polar surface area (TPSA) is 111 Å². The number of esters is 1. The molecule has 0 saturated heterocycles. The average molecular weight is 481 g/mol. The predicted molar refractivity (Wildman–Crippen MR) is 130 cm³/mol. The number of nitrogens with one attached hydrogen (secondary N) is 2. The van der Waals surface area contributed by atoms with Crippen LogP contribution in [0.2, 0.25) is 0 Å². The van der Waals surface area contributed by atoms with E-state index >= 15 is 0 Å². The summed E-state index contributed by atoms with van der Waals surface area (Å²) in [5, 5.41) is 3.54. The maximum Gasteiger partial charge on any atom is 0.321 e. The summed E-state index contributed by atoms with van der Waals surface area (Å²) in [6.07, 6.45) is 1.41. The molecule has 176 valence electrons. The van der Waals surface area contributed by atoms with E-state index in [4.69, 9.17) is 9.47 Å². The highest BCUT2D eigenvalue weighted by Crippen LogP contribution is 2.22. The highest BCUT2D eigenvalue weighted by Gasteiger charge is 2.12. The number of hydrogen-bond acceptors (Lipinski definition) is 6. The Kier molecular flexibility index (Phi) is 8.55. The van der Waals surface area contributed by atoms with E-state index < -0.39 is 35.1 Å². The fourth-order valence-corrected chi connectivity index (χ4v) is 3.43. The van der Waals surface area contributed by atoms with Crippen molar-refractivity contribution in [2.45, 2.75) is 6.92 Å². The van der Waals surface area contributed by atoms with E-state index in [1.54, 1.807) is 36.4 Å². The first-order valence-corrected chi connectivity index (χ1v) is 11.9. The number of amides is 1. The molecule has 0 bridgehead atoms. The molecule has 0 spiro atoms. The van der Waals surface area contributed by atoms with Crippen LogP contribution in [0.5, 0.6) is 11.5 Å². The minimum absolute atomic E-state index is 0.489. The molecule has 34 heavy (non-hydrogen) atoms. The van der Waals surface area contributed by atoms with Gasteiger partial charge in [-0.05, 0) is 55.0 Å². The molecule has 0 fully saturated rings. The first-order valence-electron chi connectivity index (χ1n) is 10.3. The lowest BCUT2D eigenvalue weighted by Gasteiger charge is -2.09. The second kappa shape index (κ2) is 11.8. The molecule has 3 aromatic carbocycles. The van der Waals surface area contributed by atoms with Gasteiger partial charge in [0.1, 0.15) is 18.0 Å². The normalized spacial score (nSPS) is 11.2. The lowest BCUT2D eigenvalue weighted by Crippen LogP contribution is -2.31. The van der Waals surface area contributed by atoms with E-state index in [1.807, 2.05) is 49.4 Å². The van der Waals surface area contributed by atoms with Crippen LogP contribution in [-0.4, -0.2) is 33.4 Å². The largest absolute Gasteiger partial charge is 0.457 e. The minimum atomic E-state index is -3.84. The second-order valence-electron chi connectivity index (χ2n) is 7.23. The Morgan fingerprint density at radius 3 is 2.21 bits per heavy atom. The van der Waals surface area contributed by atoms with Gasteiger partial charge in [0.05, 0.1) is 0 Å². The molecule has 0 aromatic heterocycles. The molecule has 0 aliphatic carbocycles. The van der Waals surface area contributed by atoms with Gasteiger partial charge in [-0.15, -0.1) is 0 Å². The number of benzene rings is 3. The summed E-state index contributed by atoms with van der Waals surface area (Å²) in [6.45, 7) is 0.775. The summed E-state index contributed by atoms with van der Waals surface area (Å²) in [6, 6.07) is 23.2. The Labute approximate surface area is 198 Å². The zero-order valence-electron chi connectivity index (χ0n) is 18.4. The molecule has 2 N–H and O–H groups in total. The Balaban J connectivity index is 1.39. The summed E-state index contributed by atoms with van der Waals surface area (Å²) in [5.74, 6) is -0.159. The molecule has 0 unspecified atom stereocenters. The molecule has 3 aromatic rings. The summed E-state index contributed by atoms with van der Waals surface area (Å²) < 4.78 is 36.6. The molecule has 0 radical (unpaired) electrons. The third-order valence-electron chi connectivity index (χ3n) is 4.42. The van der Waals surface area contributed by atoms with E-state index in [1.165, 1.54) is 6.08 Å². The van der Waals surface area contributed by atoms with Gasteiger partial charge < -0.3 is 14.8 Å². The van der Waals surface area contributed by atoms with Crippen LogP contribution in [0.15, 0.2) is 84.3 Å². The molecule has 0 atom stereocenters. The zero-order chi connectivity index (χ0) is 24.4. The summed E-state index contributed by atoms with van der Waals surface area (Å²) >= 11 is 0. The quantitative estimate of drug-likeness (QED) is 0.427. The SMILES string of the molecule is Cc1ccc(C=CS(=O)(=O)NCC(=O)OCC(=O)Nc2ccc(Oc3ccccc3)cc2)cc1. The van der Waals surface area contributed by atoms with Crippen LogP contribution in [-0.2, 0) is 24.3 Å². The summed E-state index contributed by atoms with van der Waals surface area (Å²) in [4.78, 5) is 23.8. The van der Waals surface area contributed by atoms with Crippen LogP contribution in [0, 0.1) is 6.92 Å². The number of carbonyl (C=O) groups is 2. The smallest absolute Gasteiger partial charge is 0.321 e. The van der Waals surface area contributed by atoms with E-state index in [2.05, 4.69) is 10.0 Å². The van der Waals surface area contributed by atoms with Crippen molar-refractivity contribution in [3.63, 3.8) is 0 Å². The maximum atomic E-state index is 12.0. The van der Waals surface area contributed by atoms with Crippen LogP contribution in [0.3, 0.4) is 0 Å². The van der Waals surface area contributed by atoms with Gasteiger partial charge in [-0.3, -0.25) is 9.59 Å². The Morgan fingerprint density at radius 2 is 1.53 bits per heavy atom. The molecule has 1 amide bonds. The monoisotopic (exact) mass is 480 g/mol. The number of para-hydroxylation sites is 1.